The van der Waals surface area contributed by atoms with Crippen molar-refractivity contribution < 1.29 is 19.1 Å². The lowest BCUT2D eigenvalue weighted by Crippen LogP contribution is -2.33. The van der Waals surface area contributed by atoms with E-state index in [1.165, 1.54) is 0 Å². The van der Waals surface area contributed by atoms with Gasteiger partial charge in [-0.25, -0.2) is 0 Å². The van der Waals surface area contributed by atoms with Gasteiger partial charge in [0, 0.05) is 11.5 Å². The van der Waals surface area contributed by atoms with Crippen LogP contribution in [0.2, 0.25) is 0 Å². The van der Waals surface area contributed by atoms with Crippen LogP contribution in [-0.4, -0.2) is 48.7 Å². The van der Waals surface area contributed by atoms with Crippen molar-refractivity contribution in [2.24, 2.45) is 11.5 Å². The van der Waals surface area contributed by atoms with Gasteiger partial charge in [0.15, 0.2) is 0 Å². The first-order valence-electron chi connectivity index (χ1n) is 6.61. The van der Waals surface area contributed by atoms with E-state index in [4.69, 9.17) is 20.9 Å². The summed E-state index contributed by atoms with van der Waals surface area (Å²) in [6, 6.07) is -1.13. The van der Waals surface area contributed by atoms with E-state index in [1.807, 2.05) is 0 Å². The quantitative estimate of drug-likeness (QED) is 0.328. The molecular formula is C12H24N2O4S2. The Morgan fingerprint density at radius 2 is 1.25 bits per heavy atom. The summed E-state index contributed by atoms with van der Waals surface area (Å²) < 4.78 is 9.63. The summed E-state index contributed by atoms with van der Waals surface area (Å²) in [5, 5.41) is 0. The Morgan fingerprint density at radius 3 is 1.55 bits per heavy atom. The van der Waals surface area contributed by atoms with Gasteiger partial charge in [-0.05, 0) is 26.7 Å². The highest BCUT2D eigenvalue weighted by Gasteiger charge is 2.15. The van der Waals surface area contributed by atoms with Gasteiger partial charge in [-0.1, -0.05) is 21.6 Å². The molecule has 0 aromatic rings. The molecule has 0 saturated carbocycles. The zero-order valence-electron chi connectivity index (χ0n) is 12.0. The van der Waals surface area contributed by atoms with E-state index < -0.39 is 12.1 Å². The average Bonchev–Trinajstić information content (AvgIpc) is 2.42. The van der Waals surface area contributed by atoms with Crippen LogP contribution >= 0.6 is 21.6 Å². The summed E-state index contributed by atoms with van der Waals surface area (Å²) in [4.78, 5) is 22.5. The monoisotopic (exact) mass is 324 g/mol. The second kappa shape index (κ2) is 12.3. The van der Waals surface area contributed by atoms with Gasteiger partial charge in [0.2, 0.25) is 0 Å². The van der Waals surface area contributed by atoms with Gasteiger partial charge in [0.25, 0.3) is 0 Å². The van der Waals surface area contributed by atoms with Crippen LogP contribution in [0.1, 0.15) is 26.7 Å². The number of rotatable bonds is 11. The summed E-state index contributed by atoms with van der Waals surface area (Å²) >= 11 is 0. The Balaban J connectivity index is 3.53. The lowest BCUT2D eigenvalue weighted by molar-refractivity contribution is -0.145. The van der Waals surface area contributed by atoms with E-state index >= 15 is 0 Å². The predicted octanol–water partition coefficient (Wildman–Crippen LogP) is 0.929. The molecule has 1 unspecified atom stereocenters. The van der Waals surface area contributed by atoms with Crippen molar-refractivity contribution in [3.05, 3.63) is 0 Å². The molecule has 0 heterocycles. The van der Waals surface area contributed by atoms with Gasteiger partial charge in [-0.15, -0.1) is 0 Å². The fraction of sp³-hybridized carbons (Fsp3) is 0.833. The van der Waals surface area contributed by atoms with Crippen LogP contribution in [0.3, 0.4) is 0 Å². The molecule has 0 rings (SSSR count). The Bertz CT molecular complexity index is 265. The molecule has 0 aliphatic carbocycles. The maximum Gasteiger partial charge on any atom is 0.322 e. The lowest BCUT2D eigenvalue weighted by atomic mass is 10.2. The SMILES string of the molecule is CCOC(=O)C(N)CCSSCC[C@H](N)C(=O)OCC. The molecule has 0 bridgehead atoms. The molecule has 118 valence electrons. The Morgan fingerprint density at radius 1 is 0.900 bits per heavy atom. The number of hydrogen-bond acceptors (Lipinski definition) is 8. The highest BCUT2D eigenvalue weighted by molar-refractivity contribution is 8.76. The molecule has 0 aliphatic rings. The number of hydrogen-bond donors (Lipinski definition) is 2. The van der Waals surface area contributed by atoms with Crippen molar-refractivity contribution in [2.45, 2.75) is 38.8 Å². The van der Waals surface area contributed by atoms with Gasteiger partial charge in [-0.3, -0.25) is 9.59 Å². The maximum absolute atomic E-state index is 11.3. The first-order chi connectivity index (χ1) is 9.52. The fourth-order valence-electron chi connectivity index (χ4n) is 1.20. The van der Waals surface area contributed by atoms with Crippen molar-refractivity contribution in [3.63, 3.8) is 0 Å². The number of carbonyl (C=O) groups is 2. The first kappa shape index (κ1) is 19.6. The largest absolute Gasteiger partial charge is 0.465 e. The highest BCUT2D eigenvalue weighted by Crippen LogP contribution is 2.23. The predicted molar refractivity (Wildman–Crippen MR) is 83.4 cm³/mol. The van der Waals surface area contributed by atoms with E-state index in [2.05, 4.69) is 0 Å². The standard InChI is InChI=1S/C12H24N2O4S2/c1-3-17-11(15)9(13)5-7-19-20-8-6-10(14)12(16)18-4-2/h9-10H,3-8,13-14H2,1-2H3/t9-,10?/m0/s1. The van der Waals surface area contributed by atoms with Crippen LogP contribution < -0.4 is 11.5 Å². The molecule has 8 heteroatoms. The average molecular weight is 324 g/mol. The van der Waals surface area contributed by atoms with E-state index in [0.717, 1.165) is 11.5 Å². The van der Waals surface area contributed by atoms with Gasteiger partial charge in [0.1, 0.15) is 12.1 Å². The van der Waals surface area contributed by atoms with Crippen LogP contribution in [0.5, 0.6) is 0 Å². The van der Waals surface area contributed by atoms with Crippen LogP contribution in [-0.2, 0) is 19.1 Å². The minimum Gasteiger partial charge on any atom is -0.465 e. The molecule has 0 aromatic heterocycles. The van der Waals surface area contributed by atoms with Gasteiger partial charge < -0.3 is 20.9 Å². The first-order valence-corrected chi connectivity index (χ1v) is 9.10. The van der Waals surface area contributed by atoms with Crippen LogP contribution in [0.15, 0.2) is 0 Å². The molecule has 0 aliphatic heterocycles. The van der Waals surface area contributed by atoms with Crippen LogP contribution in [0.25, 0.3) is 0 Å². The maximum atomic E-state index is 11.3. The van der Waals surface area contributed by atoms with Crippen molar-refractivity contribution >= 4 is 33.5 Å². The third-order valence-corrected chi connectivity index (χ3v) is 4.76. The number of esters is 2. The molecular weight excluding hydrogens is 300 g/mol. The van der Waals surface area contributed by atoms with Crippen LogP contribution in [0.4, 0.5) is 0 Å². The number of carbonyl (C=O) groups excluding carboxylic acids is 2. The topological polar surface area (TPSA) is 105 Å². The number of nitrogens with two attached hydrogens (primary N) is 2. The summed E-state index contributed by atoms with van der Waals surface area (Å²) in [5.74, 6) is 0.781. The highest BCUT2D eigenvalue weighted by atomic mass is 33.1. The Kier molecular flexibility index (Phi) is 12.0. The minimum atomic E-state index is -0.565. The summed E-state index contributed by atoms with van der Waals surface area (Å²) in [5.41, 5.74) is 11.3. The molecule has 0 spiro atoms. The smallest absolute Gasteiger partial charge is 0.322 e. The van der Waals surface area contributed by atoms with Crippen molar-refractivity contribution in [3.8, 4) is 0 Å². The van der Waals surface area contributed by atoms with Crippen LogP contribution in [0, 0.1) is 0 Å². The second-order valence-electron chi connectivity index (χ2n) is 3.94. The summed E-state index contributed by atoms with van der Waals surface area (Å²) in [6.07, 6.45) is 1.14. The van der Waals surface area contributed by atoms with Crippen molar-refractivity contribution in [2.75, 3.05) is 24.7 Å². The molecule has 20 heavy (non-hydrogen) atoms. The van der Waals surface area contributed by atoms with E-state index in [0.29, 0.717) is 26.1 Å². The zero-order chi connectivity index (χ0) is 15.4. The molecule has 0 aromatic carbocycles. The minimum absolute atomic E-state index is 0.347. The summed E-state index contributed by atoms with van der Waals surface area (Å²) in [7, 11) is 3.21. The normalized spacial score (nSPS) is 13.6. The van der Waals surface area contributed by atoms with Gasteiger partial charge in [-0.2, -0.15) is 0 Å². The van der Waals surface area contributed by atoms with E-state index in [9.17, 15) is 9.59 Å². The third kappa shape index (κ3) is 9.46. The molecule has 0 amide bonds. The summed E-state index contributed by atoms with van der Waals surface area (Å²) in [6.45, 7) is 4.20. The third-order valence-electron chi connectivity index (χ3n) is 2.29. The fourth-order valence-corrected chi connectivity index (χ4v) is 3.42. The molecule has 0 fully saturated rings. The van der Waals surface area contributed by atoms with E-state index in [1.54, 1.807) is 35.4 Å². The molecule has 2 atom stereocenters. The van der Waals surface area contributed by atoms with Crippen molar-refractivity contribution in [1.82, 2.24) is 0 Å². The molecule has 6 nitrogen and oxygen atoms in total. The van der Waals surface area contributed by atoms with Gasteiger partial charge >= 0.3 is 11.9 Å². The molecule has 0 saturated heterocycles. The Hall–Kier alpha value is -0.440. The lowest BCUT2D eigenvalue weighted by Gasteiger charge is -2.11. The molecule has 4 N–H and O–H groups in total. The second-order valence-corrected chi connectivity index (χ2v) is 6.64. The van der Waals surface area contributed by atoms with E-state index in [-0.39, 0.29) is 11.9 Å². The zero-order valence-corrected chi connectivity index (χ0v) is 13.6. The van der Waals surface area contributed by atoms with Crippen molar-refractivity contribution in [1.29, 1.82) is 0 Å². The van der Waals surface area contributed by atoms with Gasteiger partial charge in [0.05, 0.1) is 13.2 Å². The Labute approximate surface area is 128 Å². The molecule has 0 radical (unpaired) electrons. The number of ether oxygens (including phenoxy) is 2.